The van der Waals surface area contributed by atoms with Crippen LogP contribution in [-0.4, -0.2) is 5.75 Å². The highest BCUT2D eigenvalue weighted by Gasteiger charge is 1.98. The molecule has 2 rings (SSSR count). The van der Waals surface area contributed by atoms with Gasteiger partial charge in [0, 0.05) is 5.75 Å². The Labute approximate surface area is 139 Å². The zero-order valence-electron chi connectivity index (χ0n) is 13.4. The van der Waals surface area contributed by atoms with Gasteiger partial charge in [0.05, 0.1) is 0 Å². The molecule has 2 aromatic rings. The second kappa shape index (κ2) is 9.91. The lowest BCUT2D eigenvalue weighted by Crippen LogP contribution is -1.94. The standard InChI is InChI=1S/C11H10.C9H15NS/c1-9-6-7-10-4-2-3-5-11(10)8-9;1-8(9(2)7-11)5-3-4-6-10/h2-8H,1H3;3-6,8,11H,2,7,10H2,1H3/b;5-3-,6-4-. The fourth-order valence-corrected chi connectivity index (χ4v) is 2.17. The average Bonchev–Trinajstić information content (AvgIpc) is 2.54. The van der Waals surface area contributed by atoms with Crippen molar-refractivity contribution in [1.82, 2.24) is 0 Å². The van der Waals surface area contributed by atoms with E-state index in [9.17, 15) is 0 Å². The van der Waals surface area contributed by atoms with Crippen molar-refractivity contribution in [3.63, 3.8) is 0 Å². The minimum atomic E-state index is 0.378. The van der Waals surface area contributed by atoms with Gasteiger partial charge in [-0.15, -0.1) is 0 Å². The Hall–Kier alpha value is -1.93. The lowest BCUT2D eigenvalue weighted by molar-refractivity contribution is 0.873. The van der Waals surface area contributed by atoms with E-state index in [4.69, 9.17) is 5.73 Å². The molecule has 1 atom stereocenters. The summed E-state index contributed by atoms with van der Waals surface area (Å²) in [5, 5.41) is 2.64. The van der Waals surface area contributed by atoms with Gasteiger partial charge in [-0.25, -0.2) is 0 Å². The second-order valence-corrected chi connectivity index (χ2v) is 5.54. The zero-order chi connectivity index (χ0) is 16.4. The van der Waals surface area contributed by atoms with Crippen LogP contribution in [0, 0.1) is 12.8 Å². The van der Waals surface area contributed by atoms with Crippen molar-refractivity contribution in [3.05, 3.63) is 84.6 Å². The Morgan fingerprint density at radius 1 is 1.18 bits per heavy atom. The summed E-state index contributed by atoms with van der Waals surface area (Å²) >= 11 is 4.12. The van der Waals surface area contributed by atoms with Crippen LogP contribution in [0.25, 0.3) is 10.8 Å². The first-order chi connectivity index (χ1) is 10.6. The lowest BCUT2D eigenvalue weighted by Gasteiger charge is -2.05. The van der Waals surface area contributed by atoms with Crippen LogP contribution in [0.5, 0.6) is 0 Å². The highest BCUT2D eigenvalue weighted by molar-refractivity contribution is 7.80. The lowest BCUT2D eigenvalue weighted by atomic mass is 10.0. The smallest absolute Gasteiger partial charge is 0.0116 e. The number of hydrogen-bond donors (Lipinski definition) is 2. The SMILES string of the molecule is C=C(CS)C(C)/C=C\C=C/N.Cc1ccc2ccccc2c1. The summed E-state index contributed by atoms with van der Waals surface area (Å²) in [6, 6.07) is 14.9. The molecule has 0 saturated carbocycles. The van der Waals surface area contributed by atoms with Gasteiger partial charge in [0.1, 0.15) is 0 Å². The number of fused-ring (bicyclic) bond motifs is 1. The number of thiol groups is 1. The Morgan fingerprint density at radius 3 is 2.50 bits per heavy atom. The summed E-state index contributed by atoms with van der Waals surface area (Å²) in [5.41, 5.74) is 7.60. The van der Waals surface area contributed by atoms with Crippen molar-refractivity contribution in [2.75, 3.05) is 5.75 Å². The van der Waals surface area contributed by atoms with E-state index in [0.29, 0.717) is 5.92 Å². The van der Waals surface area contributed by atoms with Gasteiger partial charge in [-0.05, 0) is 35.9 Å². The van der Waals surface area contributed by atoms with Gasteiger partial charge in [0.25, 0.3) is 0 Å². The highest BCUT2D eigenvalue weighted by Crippen LogP contribution is 2.14. The van der Waals surface area contributed by atoms with Crippen LogP contribution < -0.4 is 5.73 Å². The first-order valence-corrected chi connectivity index (χ1v) is 8.00. The molecule has 0 saturated heterocycles. The summed E-state index contributed by atoms with van der Waals surface area (Å²) in [7, 11) is 0. The highest BCUT2D eigenvalue weighted by atomic mass is 32.1. The van der Waals surface area contributed by atoms with Crippen LogP contribution in [0.15, 0.2) is 79.0 Å². The maximum absolute atomic E-state index is 5.15. The van der Waals surface area contributed by atoms with Crippen molar-refractivity contribution in [2.45, 2.75) is 13.8 Å². The molecule has 22 heavy (non-hydrogen) atoms. The largest absolute Gasteiger partial charge is 0.405 e. The molecule has 0 aliphatic heterocycles. The Kier molecular flexibility index (Phi) is 8.16. The van der Waals surface area contributed by atoms with Gasteiger partial charge in [0.15, 0.2) is 0 Å². The van der Waals surface area contributed by atoms with E-state index >= 15 is 0 Å². The van der Waals surface area contributed by atoms with Crippen LogP contribution in [0.3, 0.4) is 0 Å². The number of hydrogen-bond acceptors (Lipinski definition) is 2. The van der Waals surface area contributed by atoms with Gasteiger partial charge in [-0.3, -0.25) is 0 Å². The molecular formula is C20H25NS. The summed E-state index contributed by atoms with van der Waals surface area (Å²) in [6.07, 6.45) is 7.26. The summed E-state index contributed by atoms with van der Waals surface area (Å²) in [5.74, 6) is 1.11. The number of nitrogens with two attached hydrogens (primary N) is 1. The van der Waals surface area contributed by atoms with Gasteiger partial charge in [0.2, 0.25) is 0 Å². The van der Waals surface area contributed by atoms with Crippen LogP contribution in [0.1, 0.15) is 12.5 Å². The van der Waals surface area contributed by atoms with Crippen molar-refractivity contribution >= 4 is 23.4 Å². The Bertz CT molecular complexity index is 656. The van der Waals surface area contributed by atoms with Crippen LogP contribution in [0.4, 0.5) is 0 Å². The van der Waals surface area contributed by atoms with E-state index in [1.807, 2.05) is 12.2 Å². The number of benzene rings is 2. The quantitative estimate of drug-likeness (QED) is 0.448. The fourth-order valence-electron chi connectivity index (χ4n) is 1.88. The Balaban J connectivity index is 0.000000220. The van der Waals surface area contributed by atoms with Gasteiger partial charge < -0.3 is 5.73 Å². The molecule has 116 valence electrons. The first kappa shape index (κ1) is 18.1. The third kappa shape index (κ3) is 6.23. The summed E-state index contributed by atoms with van der Waals surface area (Å²) in [6.45, 7) is 8.07. The molecule has 0 spiro atoms. The molecule has 0 heterocycles. The maximum Gasteiger partial charge on any atom is 0.0116 e. The van der Waals surface area contributed by atoms with Gasteiger partial charge in [-0.1, -0.05) is 79.3 Å². The zero-order valence-corrected chi connectivity index (χ0v) is 14.3. The predicted octanol–water partition coefficient (Wildman–Crippen LogP) is 5.29. The van der Waals surface area contributed by atoms with E-state index in [-0.39, 0.29) is 0 Å². The molecule has 0 aromatic heterocycles. The average molecular weight is 311 g/mol. The molecule has 1 unspecified atom stereocenters. The number of allylic oxidation sites excluding steroid dienone is 3. The van der Waals surface area contributed by atoms with Crippen molar-refractivity contribution in [2.24, 2.45) is 11.7 Å². The van der Waals surface area contributed by atoms with Crippen molar-refractivity contribution < 1.29 is 0 Å². The van der Waals surface area contributed by atoms with E-state index in [1.165, 1.54) is 22.5 Å². The minimum Gasteiger partial charge on any atom is -0.405 e. The summed E-state index contributed by atoms with van der Waals surface area (Å²) < 4.78 is 0. The molecule has 0 fully saturated rings. The summed E-state index contributed by atoms with van der Waals surface area (Å²) in [4.78, 5) is 0. The van der Waals surface area contributed by atoms with Crippen LogP contribution in [0.2, 0.25) is 0 Å². The van der Waals surface area contributed by atoms with Gasteiger partial charge >= 0.3 is 0 Å². The molecule has 0 bridgehead atoms. The first-order valence-electron chi connectivity index (χ1n) is 7.37. The monoisotopic (exact) mass is 311 g/mol. The topological polar surface area (TPSA) is 26.0 Å². The van der Waals surface area contributed by atoms with Crippen LogP contribution >= 0.6 is 12.6 Å². The second-order valence-electron chi connectivity index (χ2n) is 5.23. The fraction of sp³-hybridized carbons (Fsp3) is 0.200. The molecule has 0 aliphatic rings. The van der Waals surface area contributed by atoms with Crippen molar-refractivity contribution in [3.8, 4) is 0 Å². The normalized spacial score (nSPS) is 12.3. The third-order valence-electron chi connectivity index (χ3n) is 3.37. The van der Waals surface area contributed by atoms with E-state index in [0.717, 1.165) is 11.3 Å². The molecule has 0 radical (unpaired) electrons. The molecular weight excluding hydrogens is 286 g/mol. The molecule has 2 heteroatoms. The molecule has 0 amide bonds. The molecule has 2 aromatic carbocycles. The minimum absolute atomic E-state index is 0.378. The molecule has 2 N–H and O–H groups in total. The van der Waals surface area contributed by atoms with E-state index < -0.39 is 0 Å². The van der Waals surface area contributed by atoms with Gasteiger partial charge in [-0.2, -0.15) is 12.6 Å². The Morgan fingerprint density at radius 2 is 1.86 bits per heavy atom. The molecule has 1 nitrogen and oxygen atoms in total. The van der Waals surface area contributed by atoms with Crippen molar-refractivity contribution in [1.29, 1.82) is 0 Å². The maximum atomic E-state index is 5.15. The third-order valence-corrected chi connectivity index (χ3v) is 3.78. The predicted molar refractivity (Wildman–Crippen MR) is 103 cm³/mol. The van der Waals surface area contributed by atoms with E-state index in [2.05, 4.69) is 75.5 Å². The molecule has 0 aliphatic carbocycles. The van der Waals surface area contributed by atoms with E-state index in [1.54, 1.807) is 6.08 Å². The number of rotatable bonds is 4. The van der Waals surface area contributed by atoms with Crippen LogP contribution in [-0.2, 0) is 0 Å². The number of aryl methyl sites for hydroxylation is 1.